The van der Waals surface area contributed by atoms with Crippen molar-refractivity contribution in [3.63, 3.8) is 0 Å². The second kappa shape index (κ2) is 7.28. The Kier molecular flexibility index (Phi) is 5.37. The van der Waals surface area contributed by atoms with Crippen LogP contribution in [0.2, 0.25) is 0 Å². The fourth-order valence-corrected chi connectivity index (χ4v) is 2.20. The average molecular weight is 351 g/mol. The first-order chi connectivity index (χ1) is 11.3. The van der Waals surface area contributed by atoms with Crippen molar-refractivity contribution in [1.82, 2.24) is 5.43 Å². The van der Waals surface area contributed by atoms with E-state index in [9.17, 15) is 17.8 Å². The third-order valence-corrected chi connectivity index (χ3v) is 3.86. The van der Waals surface area contributed by atoms with Crippen LogP contribution >= 0.6 is 0 Å². The van der Waals surface area contributed by atoms with E-state index in [1.54, 1.807) is 6.07 Å². The molecule has 0 radical (unpaired) electrons. The Hall–Kier alpha value is -2.65. The van der Waals surface area contributed by atoms with Gasteiger partial charge in [-0.05, 0) is 43.2 Å². The van der Waals surface area contributed by atoms with Gasteiger partial charge in [-0.2, -0.15) is 5.10 Å². The van der Waals surface area contributed by atoms with Crippen molar-refractivity contribution in [3.05, 3.63) is 47.2 Å². The summed E-state index contributed by atoms with van der Waals surface area (Å²) in [6.45, 7) is 3.59. The van der Waals surface area contributed by atoms with Crippen LogP contribution < -0.4 is 10.2 Å². The molecule has 0 atom stereocenters. The Morgan fingerprint density at radius 1 is 1.33 bits per heavy atom. The number of nitrogens with one attached hydrogen (secondary N) is 1. The maximum Gasteiger partial charge on any atom is 0.277 e. The molecule has 1 heterocycles. The molecule has 9 heteroatoms. The number of hydrazone groups is 1. The number of carbonyl (C=O) groups excluding carboxylic acids is 1. The number of ether oxygens (including phenoxy) is 1. The molecule has 2 rings (SSSR count). The molecule has 0 bridgehead atoms. The summed E-state index contributed by atoms with van der Waals surface area (Å²) in [4.78, 5) is 11.6. The molecule has 128 valence electrons. The third kappa shape index (κ3) is 4.67. The summed E-state index contributed by atoms with van der Waals surface area (Å²) < 4.78 is 42.3. The molecule has 0 fully saturated rings. The van der Waals surface area contributed by atoms with Crippen molar-refractivity contribution in [3.8, 4) is 5.75 Å². The van der Waals surface area contributed by atoms with Gasteiger partial charge in [-0.15, -0.1) is 0 Å². The maximum atomic E-state index is 11.6. The first kappa shape index (κ1) is 17.7. The maximum absolute atomic E-state index is 11.6. The highest BCUT2D eigenvalue weighted by Gasteiger charge is 2.07. The molecule has 1 amide bonds. The third-order valence-electron chi connectivity index (χ3n) is 3.14. The lowest BCUT2D eigenvalue weighted by Gasteiger charge is -2.09. The largest absolute Gasteiger partial charge is 0.742 e. The number of nitrogens with zero attached hydrogens (tertiary/aromatic N) is 1. The Morgan fingerprint density at radius 3 is 2.75 bits per heavy atom. The minimum atomic E-state index is -4.66. The van der Waals surface area contributed by atoms with Crippen LogP contribution in [0.4, 0.5) is 0 Å². The van der Waals surface area contributed by atoms with Gasteiger partial charge in [0, 0.05) is 0 Å². The van der Waals surface area contributed by atoms with Gasteiger partial charge in [-0.25, -0.2) is 13.8 Å². The molecule has 2 aromatic rings. The van der Waals surface area contributed by atoms with Crippen LogP contribution in [0.15, 0.2) is 44.9 Å². The molecule has 0 aliphatic rings. The summed E-state index contributed by atoms with van der Waals surface area (Å²) in [6.07, 6.45) is 1.07. The predicted molar refractivity (Wildman–Crippen MR) is 83.8 cm³/mol. The van der Waals surface area contributed by atoms with E-state index in [1.165, 1.54) is 6.07 Å². The van der Waals surface area contributed by atoms with Crippen molar-refractivity contribution in [2.75, 3.05) is 6.61 Å². The van der Waals surface area contributed by atoms with Crippen LogP contribution in [0.25, 0.3) is 0 Å². The Labute approximate surface area is 138 Å². The molecule has 0 saturated heterocycles. The minimum absolute atomic E-state index is 0.0140. The molecule has 0 spiro atoms. The molecular weight excluding hydrogens is 336 g/mol. The lowest BCUT2D eigenvalue weighted by Crippen LogP contribution is -2.24. The first-order valence-electron chi connectivity index (χ1n) is 6.84. The van der Waals surface area contributed by atoms with Crippen LogP contribution in [0.3, 0.4) is 0 Å². The smallest absolute Gasteiger partial charge is 0.277 e. The molecule has 8 nitrogen and oxygen atoms in total. The summed E-state index contributed by atoms with van der Waals surface area (Å²) in [5, 5.41) is 2.88. The Bertz CT molecular complexity index is 870. The summed E-state index contributed by atoms with van der Waals surface area (Å²) >= 11 is 0. The second-order valence-corrected chi connectivity index (χ2v) is 6.20. The van der Waals surface area contributed by atoms with E-state index in [0.29, 0.717) is 5.75 Å². The summed E-state index contributed by atoms with van der Waals surface area (Å²) in [7, 11) is -4.66. The molecule has 1 aromatic heterocycles. The zero-order chi connectivity index (χ0) is 17.7. The van der Waals surface area contributed by atoms with Gasteiger partial charge < -0.3 is 13.7 Å². The second-order valence-electron chi connectivity index (χ2n) is 4.89. The molecular formula is C15H15N2O6S-. The zero-order valence-electron chi connectivity index (χ0n) is 13.0. The van der Waals surface area contributed by atoms with E-state index in [2.05, 4.69) is 10.5 Å². The molecule has 1 N–H and O–H groups in total. The number of aryl methyl sites for hydroxylation is 1. The van der Waals surface area contributed by atoms with Crippen molar-refractivity contribution in [2.24, 2.45) is 5.10 Å². The Balaban J connectivity index is 1.87. The van der Waals surface area contributed by atoms with Gasteiger partial charge in [0.05, 0.1) is 6.21 Å². The van der Waals surface area contributed by atoms with Gasteiger partial charge >= 0.3 is 0 Å². The van der Waals surface area contributed by atoms with Crippen LogP contribution in [0.5, 0.6) is 5.75 Å². The quantitative estimate of drug-likeness (QED) is 0.476. The Morgan fingerprint density at radius 2 is 2.08 bits per heavy atom. The molecule has 0 saturated carbocycles. The highest BCUT2D eigenvalue weighted by atomic mass is 32.2. The van der Waals surface area contributed by atoms with Crippen LogP contribution in [-0.4, -0.2) is 31.7 Å². The van der Waals surface area contributed by atoms with Crippen molar-refractivity contribution in [2.45, 2.75) is 18.9 Å². The van der Waals surface area contributed by atoms with Crippen LogP contribution in [0.1, 0.15) is 16.9 Å². The van der Waals surface area contributed by atoms with E-state index < -0.39 is 21.1 Å². The van der Waals surface area contributed by atoms with Gasteiger partial charge in [0.2, 0.25) is 5.09 Å². The van der Waals surface area contributed by atoms with Crippen molar-refractivity contribution in [1.29, 1.82) is 0 Å². The van der Waals surface area contributed by atoms with Gasteiger partial charge in [0.15, 0.2) is 16.7 Å². The van der Waals surface area contributed by atoms with Crippen LogP contribution in [-0.2, 0) is 14.9 Å². The summed E-state index contributed by atoms with van der Waals surface area (Å²) in [5.74, 6) is 0.112. The van der Waals surface area contributed by atoms with E-state index in [0.717, 1.165) is 23.4 Å². The standard InChI is InChI=1S/C15H16N2O6S/c1-10-4-3-5-13(11(10)2)22-9-14(18)17-16-8-12-6-7-15(23-12)24(19,20)21/h3-8H,9H2,1-2H3,(H,17,18)(H,19,20,21)/p-1/b16-8-. The normalized spacial score (nSPS) is 11.6. The minimum Gasteiger partial charge on any atom is -0.742 e. The van der Waals surface area contributed by atoms with Gasteiger partial charge in [0.25, 0.3) is 5.91 Å². The number of furan rings is 1. The highest BCUT2D eigenvalue weighted by molar-refractivity contribution is 7.85. The zero-order valence-corrected chi connectivity index (χ0v) is 13.8. The first-order valence-corrected chi connectivity index (χ1v) is 8.25. The number of rotatable bonds is 6. The number of carbonyl (C=O) groups is 1. The molecule has 1 aromatic carbocycles. The average Bonchev–Trinajstić information content (AvgIpc) is 2.98. The van der Waals surface area contributed by atoms with Crippen molar-refractivity contribution >= 4 is 22.2 Å². The van der Waals surface area contributed by atoms with Crippen molar-refractivity contribution < 1.29 is 26.9 Å². The SMILES string of the molecule is Cc1cccc(OCC(=O)N/N=C\c2ccc(S(=O)(=O)[O-])o2)c1C. The van der Waals surface area contributed by atoms with Gasteiger partial charge in [-0.3, -0.25) is 4.79 Å². The van der Waals surface area contributed by atoms with E-state index >= 15 is 0 Å². The number of hydrogen-bond acceptors (Lipinski definition) is 7. The highest BCUT2D eigenvalue weighted by Crippen LogP contribution is 2.20. The van der Waals surface area contributed by atoms with Crippen LogP contribution in [0, 0.1) is 13.8 Å². The molecule has 0 aliphatic carbocycles. The van der Waals surface area contributed by atoms with Gasteiger partial charge in [0.1, 0.15) is 11.5 Å². The summed E-state index contributed by atoms with van der Waals surface area (Å²) in [6, 6.07) is 7.77. The monoisotopic (exact) mass is 351 g/mol. The molecule has 0 unspecified atom stereocenters. The topological polar surface area (TPSA) is 121 Å². The fraction of sp³-hybridized carbons (Fsp3) is 0.200. The fourth-order valence-electron chi connectivity index (χ4n) is 1.76. The number of amides is 1. The summed E-state index contributed by atoms with van der Waals surface area (Å²) in [5.41, 5.74) is 4.19. The van der Waals surface area contributed by atoms with E-state index in [1.807, 2.05) is 26.0 Å². The predicted octanol–water partition coefficient (Wildman–Crippen LogP) is 1.33. The number of benzene rings is 1. The molecule has 24 heavy (non-hydrogen) atoms. The van der Waals surface area contributed by atoms with Gasteiger partial charge in [-0.1, -0.05) is 12.1 Å². The lowest BCUT2D eigenvalue weighted by molar-refractivity contribution is -0.123. The lowest BCUT2D eigenvalue weighted by atomic mass is 10.1. The number of hydrogen-bond donors (Lipinski definition) is 1. The molecule has 0 aliphatic heterocycles. The van der Waals surface area contributed by atoms with E-state index in [-0.39, 0.29) is 12.4 Å². The van der Waals surface area contributed by atoms with E-state index in [4.69, 9.17) is 9.15 Å².